The van der Waals surface area contributed by atoms with Gasteiger partial charge in [0.2, 0.25) is 0 Å². The SMILES string of the molecule is CC1Cc2cocc2C1C(=O)O. The summed E-state index contributed by atoms with van der Waals surface area (Å²) in [5.41, 5.74) is 1.91. The van der Waals surface area contributed by atoms with Crippen LogP contribution < -0.4 is 0 Å². The van der Waals surface area contributed by atoms with Crippen LogP contribution in [0.4, 0.5) is 0 Å². The maximum absolute atomic E-state index is 10.8. The zero-order valence-corrected chi connectivity index (χ0v) is 6.78. The number of carboxylic acid groups (broad SMARTS) is 1. The summed E-state index contributed by atoms with van der Waals surface area (Å²) in [7, 11) is 0. The lowest BCUT2D eigenvalue weighted by atomic mass is 9.95. The van der Waals surface area contributed by atoms with E-state index in [4.69, 9.17) is 9.52 Å². The van der Waals surface area contributed by atoms with E-state index in [1.54, 1.807) is 12.5 Å². The Bertz CT molecular complexity index is 313. The van der Waals surface area contributed by atoms with Gasteiger partial charge >= 0.3 is 5.97 Å². The molecule has 1 aromatic rings. The lowest BCUT2D eigenvalue weighted by Gasteiger charge is -2.09. The van der Waals surface area contributed by atoms with Gasteiger partial charge in [-0.3, -0.25) is 4.79 Å². The minimum absolute atomic E-state index is 0.198. The number of rotatable bonds is 1. The molecule has 1 aliphatic carbocycles. The maximum Gasteiger partial charge on any atom is 0.311 e. The number of hydrogen-bond acceptors (Lipinski definition) is 2. The summed E-state index contributed by atoms with van der Waals surface area (Å²) in [5.74, 6) is -0.912. The van der Waals surface area contributed by atoms with E-state index in [2.05, 4.69) is 0 Å². The summed E-state index contributed by atoms with van der Waals surface area (Å²) >= 11 is 0. The van der Waals surface area contributed by atoms with Crippen molar-refractivity contribution in [1.82, 2.24) is 0 Å². The Balaban J connectivity index is 2.41. The Morgan fingerprint density at radius 2 is 2.42 bits per heavy atom. The number of furan rings is 1. The number of hydrogen-bond donors (Lipinski definition) is 1. The van der Waals surface area contributed by atoms with Gasteiger partial charge in [0.25, 0.3) is 0 Å². The average molecular weight is 166 g/mol. The van der Waals surface area contributed by atoms with Gasteiger partial charge in [-0.1, -0.05) is 6.92 Å². The molecule has 2 atom stereocenters. The van der Waals surface area contributed by atoms with Gasteiger partial charge in [-0.2, -0.15) is 0 Å². The first-order valence-electron chi connectivity index (χ1n) is 3.98. The molecule has 3 nitrogen and oxygen atoms in total. The second-order valence-corrected chi connectivity index (χ2v) is 3.35. The molecule has 0 aliphatic heterocycles. The number of aliphatic carboxylic acids is 1. The third-order valence-electron chi connectivity index (χ3n) is 2.49. The summed E-state index contributed by atoms with van der Waals surface area (Å²) in [6, 6.07) is 0. The van der Waals surface area contributed by atoms with Crippen LogP contribution in [0.25, 0.3) is 0 Å². The highest BCUT2D eigenvalue weighted by molar-refractivity contribution is 5.78. The molecule has 3 heteroatoms. The fourth-order valence-corrected chi connectivity index (χ4v) is 1.92. The molecule has 1 aromatic heterocycles. The van der Waals surface area contributed by atoms with Crippen molar-refractivity contribution in [3.63, 3.8) is 0 Å². The van der Waals surface area contributed by atoms with E-state index in [0.29, 0.717) is 0 Å². The van der Waals surface area contributed by atoms with Crippen molar-refractivity contribution < 1.29 is 14.3 Å². The zero-order valence-electron chi connectivity index (χ0n) is 6.78. The topological polar surface area (TPSA) is 50.4 Å². The Labute approximate surface area is 70.0 Å². The van der Waals surface area contributed by atoms with E-state index >= 15 is 0 Å². The van der Waals surface area contributed by atoms with Gasteiger partial charge in [0.1, 0.15) is 0 Å². The molecule has 64 valence electrons. The predicted octanol–water partition coefficient (Wildman–Crippen LogP) is 1.64. The van der Waals surface area contributed by atoms with Gasteiger partial charge in [-0.05, 0) is 17.9 Å². The van der Waals surface area contributed by atoms with E-state index in [1.165, 1.54) is 0 Å². The average Bonchev–Trinajstić information content (AvgIpc) is 2.44. The standard InChI is InChI=1S/C9H10O3/c1-5-2-6-3-12-4-7(6)8(5)9(10)11/h3-5,8H,2H2,1H3,(H,10,11). The molecule has 2 rings (SSSR count). The summed E-state index contributed by atoms with van der Waals surface area (Å²) < 4.78 is 4.95. The van der Waals surface area contributed by atoms with Crippen LogP contribution in [-0.2, 0) is 11.2 Å². The Morgan fingerprint density at radius 3 is 3.08 bits per heavy atom. The van der Waals surface area contributed by atoms with Gasteiger partial charge in [0, 0.05) is 5.56 Å². The van der Waals surface area contributed by atoms with Crippen LogP contribution in [0.3, 0.4) is 0 Å². The van der Waals surface area contributed by atoms with Gasteiger partial charge in [-0.25, -0.2) is 0 Å². The molecule has 1 aliphatic rings. The largest absolute Gasteiger partial charge is 0.481 e. The molecule has 2 unspecified atom stereocenters. The number of fused-ring (bicyclic) bond motifs is 1. The summed E-state index contributed by atoms with van der Waals surface area (Å²) in [6.07, 6.45) is 4.02. The molecule has 0 saturated heterocycles. The Morgan fingerprint density at radius 1 is 1.67 bits per heavy atom. The van der Waals surface area contributed by atoms with Crippen molar-refractivity contribution in [2.75, 3.05) is 0 Å². The molecule has 12 heavy (non-hydrogen) atoms. The van der Waals surface area contributed by atoms with Crippen LogP contribution in [0.1, 0.15) is 24.0 Å². The van der Waals surface area contributed by atoms with E-state index in [1.807, 2.05) is 6.92 Å². The molecule has 0 spiro atoms. The molecule has 0 bridgehead atoms. The third-order valence-corrected chi connectivity index (χ3v) is 2.49. The first kappa shape index (κ1) is 7.40. The van der Waals surface area contributed by atoms with Crippen molar-refractivity contribution in [1.29, 1.82) is 0 Å². The highest BCUT2D eigenvalue weighted by Crippen LogP contribution is 2.38. The number of carbonyl (C=O) groups is 1. The van der Waals surface area contributed by atoms with Gasteiger partial charge in [0.15, 0.2) is 0 Å². The van der Waals surface area contributed by atoms with Gasteiger partial charge < -0.3 is 9.52 Å². The molecular weight excluding hydrogens is 156 g/mol. The van der Waals surface area contributed by atoms with Gasteiger partial charge in [0.05, 0.1) is 18.4 Å². The van der Waals surface area contributed by atoms with Crippen LogP contribution >= 0.6 is 0 Å². The second-order valence-electron chi connectivity index (χ2n) is 3.35. The molecule has 0 fully saturated rings. The Hall–Kier alpha value is -1.25. The van der Waals surface area contributed by atoms with Crippen LogP contribution in [0.5, 0.6) is 0 Å². The van der Waals surface area contributed by atoms with E-state index in [-0.39, 0.29) is 11.8 Å². The summed E-state index contributed by atoms with van der Waals surface area (Å²) in [4.78, 5) is 10.8. The molecular formula is C9H10O3. The minimum atomic E-state index is -0.748. The first-order chi connectivity index (χ1) is 5.70. The van der Waals surface area contributed by atoms with Crippen molar-refractivity contribution in [3.8, 4) is 0 Å². The molecule has 1 N–H and O–H groups in total. The fourth-order valence-electron chi connectivity index (χ4n) is 1.92. The molecule has 0 saturated carbocycles. The Kier molecular flexibility index (Phi) is 1.46. The van der Waals surface area contributed by atoms with E-state index in [0.717, 1.165) is 17.5 Å². The van der Waals surface area contributed by atoms with Crippen LogP contribution in [0.15, 0.2) is 16.9 Å². The lowest BCUT2D eigenvalue weighted by Crippen LogP contribution is -2.14. The van der Waals surface area contributed by atoms with Crippen LogP contribution in [0, 0.1) is 5.92 Å². The van der Waals surface area contributed by atoms with E-state index in [9.17, 15) is 4.79 Å². The lowest BCUT2D eigenvalue weighted by molar-refractivity contribution is -0.139. The summed E-state index contributed by atoms with van der Waals surface area (Å²) in [6.45, 7) is 1.96. The predicted molar refractivity (Wildman–Crippen MR) is 42.0 cm³/mol. The van der Waals surface area contributed by atoms with Crippen molar-refractivity contribution in [2.24, 2.45) is 5.92 Å². The molecule has 0 amide bonds. The first-order valence-corrected chi connectivity index (χ1v) is 3.98. The molecule has 0 radical (unpaired) electrons. The quantitative estimate of drug-likeness (QED) is 0.689. The highest BCUT2D eigenvalue weighted by atomic mass is 16.4. The molecule has 1 heterocycles. The van der Waals surface area contributed by atoms with Crippen molar-refractivity contribution in [3.05, 3.63) is 23.7 Å². The van der Waals surface area contributed by atoms with Crippen LogP contribution in [0.2, 0.25) is 0 Å². The highest BCUT2D eigenvalue weighted by Gasteiger charge is 2.35. The van der Waals surface area contributed by atoms with Crippen molar-refractivity contribution in [2.45, 2.75) is 19.3 Å². The van der Waals surface area contributed by atoms with Crippen LogP contribution in [-0.4, -0.2) is 11.1 Å². The smallest absolute Gasteiger partial charge is 0.311 e. The monoisotopic (exact) mass is 166 g/mol. The fraction of sp³-hybridized carbons (Fsp3) is 0.444. The normalized spacial score (nSPS) is 27.1. The zero-order chi connectivity index (χ0) is 8.72. The van der Waals surface area contributed by atoms with E-state index < -0.39 is 5.97 Å². The van der Waals surface area contributed by atoms with Gasteiger partial charge in [-0.15, -0.1) is 0 Å². The van der Waals surface area contributed by atoms with Crippen molar-refractivity contribution >= 4 is 5.97 Å². The maximum atomic E-state index is 10.8. The third kappa shape index (κ3) is 0.858. The summed E-state index contributed by atoms with van der Waals surface area (Å²) in [5, 5.41) is 8.91. The minimum Gasteiger partial charge on any atom is -0.481 e. The molecule has 0 aromatic carbocycles. The number of carboxylic acids is 1. The second kappa shape index (κ2) is 2.37.